The summed E-state index contributed by atoms with van der Waals surface area (Å²) >= 11 is 0. The second-order valence-corrected chi connectivity index (χ2v) is 6.04. The Morgan fingerprint density at radius 3 is 2.68 bits per heavy atom. The van der Waals surface area contributed by atoms with Gasteiger partial charge in [-0.05, 0) is 39.0 Å². The first-order chi connectivity index (χ1) is 9.04. The quantitative estimate of drug-likeness (QED) is 0.817. The van der Waals surface area contributed by atoms with Gasteiger partial charge >= 0.3 is 6.03 Å². The molecule has 5 nitrogen and oxygen atoms in total. The van der Waals surface area contributed by atoms with E-state index in [0.29, 0.717) is 12.0 Å². The minimum Gasteiger partial charge on any atom is -0.381 e. The third kappa shape index (κ3) is 4.35. The van der Waals surface area contributed by atoms with Gasteiger partial charge in [0.05, 0.1) is 18.8 Å². The van der Waals surface area contributed by atoms with Gasteiger partial charge in [0.2, 0.25) is 0 Å². The molecule has 2 atom stereocenters. The number of hydrogen-bond acceptors (Lipinski definition) is 3. The van der Waals surface area contributed by atoms with Gasteiger partial charge in [-0.2, -0.15) is 0 Å². The highest BCUT2D eigenvalue weighted by Crippen LogP contribution is 2.24. The molecule has 0 spiro atoms. The number of nitrogens with one attached hydrogen (secondary N) is 2. The second kappa shape index (κ2) is 6.57. The highest BCUT2D eigenvalue weighted by molar-refractivity contribution is 5.74. The first-order valence-corrected chi connectivity index (χ1v) is 7.35. The van der Waals surface area contributed by atoms with Crippen molar-refractivity contribution in [1.82, 2.24) is 10.6 Å². The van der Waals surface area contributed by atoms with Gasteiger partial charge in [0, 0.05) is 18.7 Å². The predicted octanol–water partition coefficient (Wildman–Crippen LogP) is 1.67. The molecule has 0 aromatic rings. The Bertz CT molecular complexity index is 303. The minimum atomic E-state index is -0.0493. The average Bonchev–Trinajstić information content (AvgIpc) is 2.29. The van der Waals surface area contributed by atoms with Crippen molar-refractivity contribution in [3.8, 4) is 0 Å². The Hall–Kier alpha value is -0.810. The second-order valence-electron chi connectivity index (χ2n) is 6.04. The van der Waals surface area contributed by atoms with Crippen molar-refractivity contribution in [2.45, 2.75) is 64.3 Å². The van der Waals surface area contributed by atoms with E-state index >= 15 is 0 Å². The summed E-state index contributed by atoms with van der Waals surface area (Å²) in [5.74, 6) is 0.387. The molecule has 19 heavy (non-hydrogen) atoms. The van der Waals surface area contributed by atoms with Crippen molar-refractivity contribution in [3.05, 3.63) is 0 Å². The zero-order valence-corrected chi connectivity index (χ0v) is 12.1. The van der Waals surface area contributed by atoms with Crippen LogP contribution in [0.25, 0.3) is 0 Å². The van der Waals surface area contributed by atoms with Gasteiger partial charge in [-0.25, -0.2) is 4.79 Å². The fourth-order valence-electron chi connectivity index (χ4n) is 2.67. The molecule has 0 aromatic carbocycles. The Labute approximate surface area is 115 Å². The molecule has 1 aliphatic carbocycles. The van der Waals surface area contributed by atoms with Crippen molar-refractivity contribution in [1.29, 1.82) is 0 Å². The van der Waals surface area contributed by atoms with Gasteiger partial charge in [0.15, 0.2) is 0 Å². The molecule has 1 heterocycles. The molecule has 2 amide bonds. The molecule has 1 saturated heterocycles. The lowest BCUT2D eigenvalue weighted by Gasteiger charge is -2.37. The van der Waals surface area contributed by atoms with E-state index in [4.69, 9.17) is 9.47 Å². The van der Waals surface area contributed by atoms with Crippen molar-refractivity contribution < 1.29 is 14.3 Å². The van der Waals surface area contributed by atoms with E-state index < -0.39 is 0 Å². The van der Waals surface area contributed by atoms with Gasteiger partial charge in [-0.15, -0.1) is 0 Å². The number of rotatable bonds is 4. The van der Waals surface area contributed by atoms with E-state index in [2.05, 4.69) is 17.6 Å². The van der Waals surface area contributed by atoms with E-state index in [1.54, 1.807) is 0 Å². The number of hydrogen-bond donors (Lipinski definition) is 2. The number of carbonyl (C=O) groups is 1. The van der Waals surface area contributed by atoms with Crippen molar-refractivity contribution >= 4 is 6.03 Å². The van der Waals surface area contributed by atoms with E-state index in [1.165, 1.54) is 0 Å². The summed E-state index contributed by atoms with van der Waals surface area (Å²) in [6.07, 6.45) is 3.33. The maximum atomic E-state index is 11.9. The molecule has 0 bridgehead atoms. The van der Waals surface area contributed by atoms with E-state index in [1.807, 2.05) is 13.8 Å². The number of ether oxygens (including phenoxy) is 2. The topological polar surface area (TPSA) is 59.6 Å². The highest BCUT2D eigenvalue weighted by atomic mass is 16.5. The van der Waals surface area contributed by atoms with Crippen LogP contribution in [0.3, 0.4) is 0 Å². The maximum absolute atomic E-state index is 11.9. The smallest absolute Gasteiger partial charge is 0.315 e. The van der Waals surface area contributed by atoms with Crippen LogP contribution in [-0.2, 0) is 9.47 Å². The lowest BCUT2D eigenvalue weighted by molar-refractivity contribution is -0.0477. The van der Waals surface area contributed by atoms with Crippen LogP contribution in [0.15, 0.2) is 0 Å². The summed E-state index contributed by atoms with van der Waals surface area (Å²) < 4.78 is 11.0. The van der Waals surface area contributed by atoms with Gasteiger partial charge in [-0.1, -0.05) is 6.92 Å². The molecular formula is C14H26N2O3. The largest absolute Gasteiger partial charge is 0.381 e. The van der Waals surface area contributed by atoms with Gasteiger partial charge < -0.3 is 20.1 Å². The zero-order chi connectivity index (χ0) is 13.8. The monoisotopic (exact) mass is 270 g/mol. The molecule has 5 heteroatoms. The Morgan fingerprint density at radius 2 is 2.05 bits per heavy atom. The summed E-state index contributed by atoms with van der Waals surface area (Å²) in [6, 6.07) is 0.446. The summed E-state index contributed by atoms with van der Waals surface area (Å²) in [7, 11) is 0. The molecular weight excluding hydrogens is 244 g/mol. The van der Waals surface area contributed by atoms with E-state index in [-0.39, 0.29) is 24.2 Å². The standard InChI is InChI=1S/C14H26N2O3/c1-9(2)19-12-6-11(7-12)15-14(17)16-13-4-5-18-8-10(13)3/h9-13H,4-8H2,1-3H3,(H2,15,16,17). The molecule has 2 fully saturated rings. The minimum absolute atomic E-state index is 0.0493. The maximum Gasteiger partial charge on any atom is 0.315 e. The number of urea groups is 1. The van der Waals surface area contributed by atoms with Crippen LogP contribution in [0.2, 0.25) is 0 Å². The molecule has 2 rings (SSSR count). The lowest BCUT2D eigenvalue weighted by Crippen LogP contribution is -2.54. The van der Waals surface area contributed by atoms with Crippen LogP contribution in [0.1, 0.15) is 40.0 Å². The van der Waals surface area contributed by atoms with Gasteiger partial charge in [0.1, 0.15) is 0 Å². The van der Waals surface area contributed by atoms with Crippen molar-refractivity contribution in [3.63, 3.8) is 0 Å². The summed E-state index contributed by atoms with van der Waals surface area (Å²) in [6.45, 7) is 7.67. The first kappa shape index (κ1) is 14.6. The zero-order valence-electron chi connectivity index (χ0n) is 12.1. The molecule has 2 aliphatic rings. The number of carbonyl (C=O) groups excluding carboxylic acids is 1. The Morgan fingerprint density at radius 1 is 1.32 bits per heavy atom. The molecule has 2 N–H and O–H groups in total. The van der Waals surface area contributed by atoms with Crippen LogP contribution in [-0.4, -0.2) is 43.5 Å². The van der Waals surface area contributed by atoms with Crippen LogP contribution in [0, 0.1) is 5.92 Å². The molecule has 0 radical (unpaired) electrons. The van der Waals surface area contributed by atoms with Crippen LogP contribution >= 0.6 is 0 Å². The van der Waals surface area contributed by atoms with Crippen molar-refractivity contribution in [2.24, 2.45) is 5.92 Å². The van der Waals surface area contributed by atoms with Crippen LogP contribution in [0.5, 0.6) is 0 Å². The van der Waals surface area contributed by atoms with E-state index in [9.17, 15) is 4.79 Å². The molecule has 0 aromatic heterocycles. The van der Waals surface area contributed by atoms with E-state index in [0.717, 1.165) is 32.5 Å². The number of amides is 2. The lowest BCUT2D eigenvalue weighted by atomic mass is 9.89. The van der Waals surface area contributed by atoms with Crippen molar-refractivity contribution in [2.75, 3.05) is 13.2 Å². The Kier molecular flexibility index (Phi) is 5.05. The molecule has 1 aliphatic heterocycles. The summed E-state index contributed by atoms with van der Waals surface area (Å²) in [5, 5.41) is 6.07. The van der Waals surface area contributed by atoms with Crippen LogP contribution in [0.4, 0.5) is 4.79 Å². The highest BCUT2D eigenvalue weighted by Gasteiger charge is 2.32. The SMILES string of the molecule is CC(C)OC1CC(NC(=O)NC2CCOCC2C)C1. The predicted molar refractivity (Wildman–Crippen MR) is 73.1 cm³/mol. The average molecular weight is 270 g/mol. The summed E-state index contributed by atoms with van der Waals surface area (Å²) in [5.41, 5.74) is 0. The Balaban J connectivity index is 1.63. The summed E-state index contributed by atoms with van der Waals surface area (Å²) in [4.78, 5) is 11.9. The van der Waals surface area contributed by atoms with Gasteiger partial charge in [-0.3, -0.25) is 0 Å². The molecule has 110 valence electrons. The van der Waals surface area contributed by atoms with Gasteiger partial charge in [0.25, 0.3) is 0 Å². The first-order valence-electron chi connectivity index (χ1n) is 7.35. The van der Waals surface area contributed by atoms with Crippen LogP contribution < -0.4 is 10.6 Å². The third-order valence-electron chi connectivity index (χ3n) is 3.85. The normalized spacial score (nSPS) is 34.7. The molecule has 2 unspecified atom stereocenters. The third-order valence-corrected chi connectivity index (χ3v) is 3.85. The fraction of sp³-hybridized carbons (Fsp3) is 0.929. The molecule has 1 saturated carbocycles. The fourth-order valence-corrected chi connectivity index (χ4v) is 2.67.